The highest BCUT2D eigenvalue weighted by Gasteiger charge is 2.14. The van der Waals surface area contributed by atoms with E-state index in [0.717, 1.165) is 18.5 Å². The first-order chi connectivity index (χ1) is 10.5. The molecule has 0 aliphatic rings. The highest BCUT2D eigenvalue weighted by atomic mass is 16.4. The Bertz CT molecular complexity index is 675. The largest absolute Gasteiger partial charge is 0.478 e. The third-order valence-corrected chi connectivity index (χ3v) is 3.48. The minimum Gasteiger partial charge on any atom is -0.478 e. The second-order valence-electron chi connectivity index (χ2n) is 5.42. The number of carboxylic acids is 1. The van der Waals surface area contributed by atoms with Crippen molar-refractivity contribution >= 4 is 11.8 Å². The Labute approximate surface area is 130 Å². The number of rotatable bonds is 6. The van der Waals surface area contributed by atoms with E-state index in [1.807, 2.05) is 38.4 Å². The Kier molecular flexibility index (Phi) is 5.07. The van der Waals surface area contributed by atoms with Gasteiger partial charge in [-0.15, -0.1) is 0 Å². The maximum atomic E-state index is 12.6. The summed E-state index contributed by atoms with van der Waals surface area (Å²) >= 11 is 0. The Hall–Kier alpha value is -2.46. The van der Waals surface area contributed by atoms with Gasteiger partial charge in [0.2, 0.25) is 0 Å². The third-order valence-electron chi connectivity index (χ3n) is 3.48. The van der Waals surface area contributed by atoms with Gasteiger partial charge in [0.25, 0.3) is 0 Å². The van der Waals surface area contributed by atoms with Gasteiger partial charge in [-0.25, -0.2) is 4.79 Å². The molecule has 0 aliphatic heterocycles. The lowest BCUT2D eigenvalue weighted by Gasteiger charge is -2.12. The first-order valence-corrected chi connectivity index (χ1v) is 7.09. The monoisotopic (exact) mass is 297 g/mol. The number of aromatic carboxylic acids is 1. The number of nitrogens with zero attached hydrogens (tertiary/aromatic N) is 1. The quantitative estimate of drug-likeness (QED) is 0.833. The molecule has 0 amide bonds. The fraction of sp³-hybridized carbons (Fsp3) is 0.222. The van der Waals surface area contributed by atoms with Gasteiger partial charge in [-0.2, -0.15) is 0 Å². The van der Waals surface area contributed by atoms with Gasteiger partial charge in [0.05, 0.1) is 5.56 Å². The summed E-state index contributed by atoms with van der Waals surface area (Å²) < 4.78 is 0. The van der Waals surface area contributed by atoms with Crippen LogP contribution in [0, 0.1) is 0 Å². The molecule has 2 aromatic rings. The first kappa shape index (κ1) is 15.9. The number of carbonyl (C=O) groups is 2. The van der Waals surface area contributed by atoms with Crippen LogP contribution in [0.2, 0.25) is 0 Å². The predicted molar refractivity (Wildman–Crippen MR) is 85.5 cm³/mol. The summed E-state index contributed by atoms with van der Waals surface area (Å²) in [6.45, 7) is 0.863. The molecule has 0 aromatic heterocycles. The second-order valence-corrected chi connectivity index (χ2v) is 5.42. The molecule has 0 spiro atoms. The molecule has 0 saturated carbocycles. The summed E-state index contributed by atoms with van der Waals surface area (Å²) in [6.07, 6.45) is 0.794. The van der Waals surface area contributed by atoms with Crippen LogP contribution in [0.1, 0.15) is 31.8 Å². The molecule has 2 aromatic carbocycles. The van der Waals surface area contributed by atoms with E-state index >= 15 is 0 Å². The number of hydrogen-bond donors (Lipinski definition) is 1. The van der Waals surface area contributed by atoms with Gasteiger partial charge in [-0.3, -0.25) is 4.79 Å². The summed E-state index contributed by atoms with van der Waals surface area (Å²) in [5.41, 5.74) is 2.36. The van der Waals surface area contributed by atoms with Gasteiger partial charge in [-0.1, -0.05) is 36.4 Å². The van der Waals surface area contributed by atoms with Crippen molar-refractivity contribution in [1.29, 1.82) is 0 Å². The van der Waals surface area contributed by atoms with E-state index in [1.165, 1.54) is 12.1 Å². The lowest BCUT2D eigenvalue weighted by atomic mass is 9.96. The number of carboxylic acid groups (broad SMARTS) is 1. The van der Waals surface area contributed by atoms with Crippen molar-refractivity contribution in [2.75, 3.05) is 20.6 Å². The molecule has 0 atom stereocenters. The van der Waals surface area contributed by atoms with E-state index in [4.69, 9.17) is 5.11 Å². The topological polar surface area (TPSA) is 57.6 Å². The molecule has 0 heterocycles. The number of carbonyl (C=O) groups excluding carboxylic acids is 1. The van der Waals surface area contributed by atoms with Gasteiger partial charge in [0.15, 0.2) is 5.78 Å². The predicted octanol–water partition coefficient (Wildman–Crippen LogP) is 2.72. The van der Waals surface area contributed by atoms with Crippen LogP contribution >= 0.6 is 0 Å². The molecule has 0 unspecified atom stereocenters. The lowest BCUT2D eigenvalue weighted by Crippen LogP contribution is -2.16. The Morgan fingerprint density at radius 2 is 1.55 bits per heavy atom. The third kappa shape index (κ3) is 3.80. The molecule has 114 valence electrons. The van der Waals surface area contributed by atoms with Crippen molar-refractivity contribution in [3.8, 4) is 0 Å². The van der Waals surface area contributed by atoms with Gasteiger partial charge < -0.3 is 10.0 Å². The van der Waals surface area contributed by atoms with Crippen LogP contribution < -0.4 is 0 Å². The molecule has 4 nitrogen and oxygen atoms in total. The first-order valence-electron chi connectivity index (χ1n) is 7.09. The molecular weight excluding hydrogens is 278 g/mol. The summed E-state index contributed by atoms with van der Waals surface area (Å²) in [7, 11) is 3.99. The van der Waals surface area contributed by atoms with E-state index in [-0.39, 0.29) is 11.3 Å². The fourth-order valence-electron chi connectivity index (χ4n) is 2.22. The molecule has 0 saturated heterocycles. The maximum absolute atomic E-state index is 12.6. The zero-order valence-corrected chi connectivity index (χ0v) is 12.7. The van der Waals surface area contributed by atoms with E-state index in [1.54, 1.807) is 12.1 Å². The Morgan fingerprint density at radius 3 is 2.14 bits per heavy atom. The number of benzene rings is 2. The molecule has 0 fully saturated rings. The van der Waals surface area contributed by atoms with Gasteiger partial charge >= 0.3 is 5.97 Å². The van der Waals surface area contributed by atoms with E-state index in [0.29, 0.717) is 11.1 Å². The summed E-state index contributed by atoms with van der Waals surface area (Å²) in [4.78, 5) is 25.6. The summed E-state index contributed by atoms with van der Waals surface area (Å²) in [6, 6.07) is 13.6. The van der Waals surface area contributed by atoms with Crippen LogP contribution in [0.4, 0.5) is 0 Å². The number of ketones is 1. The smallest absolute Gasteiger partial charge is 0.335 e. The second kappa shape index (κ2) is 7.00. The standard InChI is InChI=1S/C18H19NO3/c1-19(2)12-11-13-5-3-4-6-16(13)17(20)14-7-9-15(10-8-14)18(21)22/h3-10H,11-12H2,1-2H3,(H,21,22). The molecule has 0 aliphatic carbocycles. The maximum Gasteiger partial charge on any atom is 0.335 e. The van der Waals surface area contributed by atoms with Crippen LogP contribution in [0.5, 0.6) is 0 Å². The SMILES string of the molecule is CN(C)CCc1ccccc1C(=O)c1ccc(C(=O)O)cc1. The normalized spacial score (nSPS) is 10.7. The molecule has 0 bridgehead atoms. The van der Waals surface area contributed by atoms with Crippen molar-refractivity contribution < 1.29 is 14.7 Å². The number of likely N-dealkylation sites (N-methyl/N-ethyl adjacent to an activating group) is 1. The van der Waals surface area contributed by atoms with Crippen LogP contribution in [-0.4, -0.2) is 42.4 Å². The van der Waals surface area contributed by atoms with Crippen molar-refractivity contribution in [2.24, 2.45) is 0 Å². The van der Waals surface area contributed by atoms with Gasteiger partial charge in [0, 0.05) is 17.7 Å². The van der Waals surface area contributed by atoms with Crippen LogP contribution in [0.25, 0.3) is 0 Å². The highest BCUT2D eigenvalue weighted by Crippen LogP contribution is 2.16. The van der Waals surface area contributed by atoms with Gasteiger partial charge in [0.1, 0.15) is 0 Å². The molecule has 4 heteroatoms. The Morgan fingerprint density at radius 1 is 0.955 bits per heavy atom. The fourth-order valence-corrected chi connectivity index (χ4v) is 2.22. The van der Waals surface area contributed by atoms with E-state index in [9.17, 15) is 9.59 Å². The molecule has 22 heavy (non-hydrogen) atoms. The number of hydrogen-bond acceptors (Lipinski definition) is 3. The minimum absolute atomic E-state index is 0.0775. The van der Waals surface area contributed by atoms with Gasteiger partial charge in [-0.05, 0) is 38.2 Å². The Balaban J connectivity index is 2.27. The summed E-state index contributed by atoms with van der Waals surface area (Å²) in [5.74, 6) is -1.07. The minimum atomic E-state index is -0.995. The summed E-state index contributed by atoms with van der Waals surface area (Å²) in [5, 5.41) is 8.91. The molecular formula is C18H19NO3. The zero-order valence-electron chi connectivity index (χ0n) is 12.7. The van der Waals surface area contributed by atoms with Crippen LogP contribution in [0.15, 0.2) is 48.5 Å². The molecule has 1 N–H and O–H groups in total. The lowest BCUT2D eigenvalue weighted by molar-refractivity contribution is 0.0696. The van der Waals surface area contributed by atoms with Crippen molar-refractivity contribution in [1.82, 2.24) is 4.90 Å². The molecule has 0 radical (unpaired) electrons. The van der Waals surface area contributed by atoms with E-state index < -0.39 is 5.97 Å². The van der Waals surface area contributed by atoms with Crippen molar-refractivity contribution in [3.05, 3.63) is 70.8 Å². The zero-order chi connectivity index (χ0) is 16.1. The van der Waals surface area contributed by atoms with Crippen molar-refractivity contribution in [3.63, 3.8) is 0 Å². The van der Waals surface area contributed by atoms with E-state index in [2.05, 4.69) is 4.90 Å². The average Bonchev–Trinajstić information content (AvgIpc) is 2.52. The average molecular weight is 297 g/mol. The van der Waals surface area contributed by atoms with Crippen molar-refractivity contribution in [2.45, 2.75) is 6.42 Å². The van der Waals surface area contributed by atoms with Crippen LogP contribution in [0.3, 0.4) is 0 Å². The highest BCUT2D eigenvalue weighted by molar-refractivity contribution is 6.10. The van der Waals surface area contributed by atoms with Crippen LogP contribution in [-0.2, 0) is 6.42 Å². The molecule has 2 rings (SSSR count).